The third-order valence-electron chi connectivity index (χ3n) is 5.62. The van der Waals surface area contributed by atoms with Gasteiger partial charge >= 0.3 is 5.97 Å². The minimum atomic E-state index is -0.457. The minimum Gasteiger partial charge on any atom is -0.463 e. The van der Waals surface area contributed by atoms with Crippen molar-refractivity contribution in [3.63, 3.8) is 0 Å². The van der Waals surface area contributed by atoms with Gasteiger partial charge in [-0.25, -0.2) is 0 Å². The molecule has 0 bridgehead atoms. The van der Waals surface area contributed by atoms with Gasteiger partial charge in [-0.15, -0.1) is 0 Å². The normalized spacial score (nSPS) is 14.0. The molecule has 34 heavy (non-hydrogen) atoms. The van der Waals surface area contributed by atoms with Crippen LogP contribution in [0, 0.1) is 11.3 Å². The van der Waals surface area contributed by atoms with E-state index in [1.807, 2.05) is 24.3 Å². The summed E-state index contributed by atoms with van der Waals surface area (Å²) in [5.74, 6) is -0.819. The van der Waals surface area contributed by atoms with Gasteiger partial charge in [0.05, 0.1) is 19.6 Å². The quantitative estimate of drug-likeness (QED) is 0.227. The largest absolute Gasteiger partial charge is 0.463 e. The van der Waals surface area contributed by atoms with Crippen molar-refractivity contribution in [2.75, 3.05) is 50.9 Å². The summed E-state index contributed by atoms with van der Waals surface area (Å²) in [7, 11) is 0. The highest BCUT2D eigenvalue weighted by molar-refractivity contribution is 6.02. The molecule has 1 aliphatic rings. The number of nitrogens with one attached hydrogen (secondary N) is 1. The number of esters is 1. The summed E-state index contributed by atoms with van der Waals surface area (Å²) in [5, 5.41) is 14.3. The molecule has 2 aromatic carbocycles. The summed E-state index contributed by atoms with van der Waals surface area (Å²) in [6.07, 6.45) is 5.53. The Morgan fingerprint density at radius 1 is 1.06 bits per heavy atom. The van der Waals surface area contributed by atoms with Crippen molar-refractivity contribution >= 4 is 34.4 Å². The lowest BCUT2D eigenvalue weighted by molar-refractivity contribution is -0.144. The number of anilines is 1. The van der Waals surface area contributed by atoms with Gasteiger partial charge in [0.15, 0.2) is 0 Å². The topological polar surface area (TPSA) is 118 Å². The minimum absolute atomic E-state index is 0.0278. The summed E-state index contributed by atoms with van der Waals surface area (Å²) in [6, 6.07) is 14.3. The summed E-state index contributed by atoms with van der Waals surface area (Å²) in [4.78, 5) is 26.0. The number of nitrogens with zero attached hydrogens (tertiary/aromatic N) is 2. The maximum Gasteiger partial charge on any atom is 0.307 e. The van der Waals surface area contributed by atoms with Crippen molar-refractivity contribution in [1.29, 1.82) is 5.26 Å². The van der Waals surface area contributed by atoms with Gasteiger partial charge in [-0.2, -0.15) is 5.26 Å². The van der Waals surface area contributed by atoms with Crippen LogP contribution in [0.2, 0.25) is 0 Å². The van der Waals surface area contributed by atoms with Gasteiger partial charge in [-0.1, -0.05) is 18.2 Å². The molecular formula is C26H32N4O4. The number of carbonyl (C=O) groups excluding carboxylic acids is 2. The molecule has 0 spiro atoms. The molecule has 1 aliphatic heterocycles. The first-order valence-corrected chi connectivity index (χ1v) is 11.7. The van der Waals surface area contributed by atoms with E-state index < -0.39 is 5.91 Å². The molecule has 8 heteroatoms. The van der Waals surface area contributed by atoms with Gasteiger partial charge in [-0.3, -0.25) is 9.59 Å². The Morgan fingerprint density at radius 2 is 1.82 bits per heavy atom. The van der Waals surface area contributed by atoms with E-state index in [9.17, 15) is 14.9 Å². The van der Waals surface area contributed by atoms with Gasteiger partial charge in [0.2, 0.25) is 0 Å². The van der Waals surface area contributed by atoms with E-state index in [-0.39, 0.29) is 50.9 Å². The Morgan fingerprint density at radius 3 is 2.59 bits per heavy atom. The molecule has 1 amide bonds. The van der Waals surface area contributed by atoms with E-state index in [2.05, 4.69) is 28.4 Å². The van der Waals surface area contributed by atoms with Crippen LogP contribution in [0.15, 0.2) is 42.0 Å². The molecule has 0 atom stereocenters. The molecule has 1 heterocycles. The van der Waals surface area contributed by atoms with Crippen molar-refractivity contribution in [2.45, 2.75) is 25.7 Å². The molecule has 3 N–H and O–H groups in total. The predicted octanol–water partition coefficient (Wildman–Crippen LogP) is 2.76. The third kappa shape index (κ3) is 7.58. The van der Waals surface area contributed by atoms with Crippen LogP contribution in [0.4, 0.5) is 5.69 Å². The van der Waals surface area contributed by atoms with Crippen LogP contribution in [-0.4, -0.2) is 57.9 Å². The maximum absolute atomic E-state index is 12.4. The second-order valence-electron chi connectivity index (χ2n) is 8.14. The molecule has 180 valence electrons. The second kappa shape index (κ2) is 13.3. The number of rotatable bonds is 11. The second-order valence-corrected chi connectivity index (χ2v) is 8.14. The SMILES string of the molecule is N#C/C(=C\c1ccc2cc(N3CCCCC3)ccc2c1)C(=O)NCCOCCOC(=O)CCN. The molecule has 1 saturated heterocycles. The van der Waals surface area contributed by atoms with Gasteiger partial charge in [0.1, 0.15) is 18.2 Å². The van der Waals surface area contributed by atoms with E-state index in [0.29, 0.717) is 0 Å². The molecule has 0 aliphatic carbocycles. The number of piperidine rings is 1. The van der Waals surface area contributed by atoms with Crippen molar-refractivity contribution in [3.8, 4) is 6.07 Å². The van der Waals surface area contributed by atoms with E-state index in [0.717, 1.165) is 29.4 Å². The highest BCUT2D eigenvalue weighted by Gasteiger charge is 2.12. The highest BCUT2D eigenvalue weighted by Crippen LogP contribution is 2.26. The van der Waals surface area contributed by atoms with Crippen LogP contribution in [-0.2, 0) is 19.1 Å². The van der Waals surface area contributed by atoms with Crippen LogP contribution in [0.1, 0.15) is 31.2 Å². The van der Waals surface area contributed by atoms with Gasteiger partial charge in [-0.05, 0) is 59.9 Å². The zero-order valence-electron chi connectivity index (χ0n) is 19.4. The van der Waals surface area contributed by atoms with E-state index in [1.54, 1.807) is 6.08 Å². The van der Waals surface area contributed by atoms with E-state index >= 15 is 0 Å². The molecule has 0 aromatic heterocycles. The number of nitriles is 1. The van der Waals surface area contributed by atoms with Crippen LogP contribution in [0.3, 0.4) is 0 Å². The number of nitrogens with two attached hydrogens (primary N) is 1. The molecular weight excluding hydrogens is 432 g/mol. The fraction of sp³-hybridized carbons (Fsp3) is 0.423. The van der Waals surface area contributed by atoms with Gasteiger partial charge in [0.25, 0.3) is 5.91 Å². The van der Waals surface area contributed by atoms with Crippen LogP contribution < -0.4 is 16.0 Å². The number of fused-ring (bicyclic) bond motifs is 1. The lowest BCUT2D eigenvalue weighted by Gasteiger charge is -2.29. The Bertz CT molecular complexity index is 1050. The lowest BCUT2D eigenvalue weighted by Crippen LogP contribution is -2.29. The van der Waals surface area contributed by atoms with Gasteiger partial charge in [0, 0.05) is 31.9 Å². The van der Waals surface area contributed by atoms with Crippen molar-refractivity contribution < 1.29 is 19.1 Å². The zero-order chi connectivity index (χ0) is 24.2. The van der Waals surface area contributed by atoms with Crippen LogP contribution in [0.25, 0.3) is 16.8 Å². The molecule has 0 unspecified atom stereocenters. The Balaban J connectivity index is 1.50. The monoisotopic (exact) mass is 464 g/mol. The lowest BCUT2D eigenvalue weighted by atomic mass is 10.0. The average Bonchev–Trinajstić information content (AvgIpc) is 2.86. The van der Waals surface area contributed by atoms with E-state index in [1.165, 1.54) is 24.9 Å². The maximum atomic E-state index is 12.4. The van der Waals surface area contributed by atoms with Crippen LogP contribution in [0.5, 0.6) is 0 Å². The smallest absolute Gasteiger partial charge is 0.307 e. The number of benzene rings is 2. The number of carbonyl (C=O) groups is 2. The summed E-state index contributed by atoms with van der Waals surface area (Å²) >= 11 is 0. The summed E-state index contributed by atoms with van der Waals surface area (Å²) in [6.45, 7) is 3.29. The van der Waals surface area contributed by atoms with Crippen molar-refractivity contribution in [1.82, 2.24) is 5.32 Å². The first-order chi connectivity index (χ1) is 16.6. The van der Waals surface area contributed by atoms with Gasteiger partial charge < -0.3 is 25.4 Å². The van der Waals surface area contributed by atoms with Crippen molar-refractivity contribution in [2.24, 2.45) is 5.73 Å². The molecule has 0 saturated carbocycles. The summed E-state index contributed by atoms with van der Waals surface area (Å²) < 4.78 is 10.2. The fourth-order valence-corrected chi connectivity index (χ4v) is 3.84. The number of amides is 1. The third-order valence-corrected chi connectivity index (χ3v) is 5.62. The summed E-state index contributed by atoms with van der Waals surface area (Å²) in [5.41, 5.74) is 7.33. The molecule has 3 rings (SSSR count). The van der Waals surface area contributed by atoms with Crippen LogP contribution >= 0.6 is 0 Å². The molecule has 0 radical (unpaired) electrons. The molecule has 1 fully saturated rings. The number of ether oxygens (including phenoxy) is 2. The average molecular weight is 465 g/mol. The Labute approximate surface area is 200 Å². The van der Waals surface area contributed by atoms with Crippen molar-refractivity contribution in [3.05, 3.63) is 47.5 Å². The zero-order valence-corrected chi connectivity index (χ0v) is 19.4. The first-order valence-electron chi connectivity index (χ1n) is 11.7. The molecule has 2 aromatic rings. The first kappa shape index (κ1) is 25.2. The molecule has 8 nitrogen and oxygen atoms in total. The Hall–Kier alpha value is -3.41. The Kier molecular flexibility index (Phi) is 9.89. The fourth-order valence-electron chi connectivity index (χ4n) is 3.84. The predicted molar refractivity (Wildman–Crippen MR) is 132 cm³/mol. The van der Waals surface area contributed by atoms with E-state index in [4.69, 9.17) is 15.2 Å². The highest BCUT2D eigenvalue weighted by atomic mass is 16.6. The number of hydrogen-bond acceptors (Lipinski definition) is 7. The standard InChI is InChI=1S/C26H32N4O4/c27-9-8-25(31)34-15-14-33-13-10-29-26(32)23(19-28)17-20-4-5-22-18-24(7-6-21(22)16-20)30-11-2-1-3-12-30/h4-7,16-18H,1-3,8-15,27H2,(H,29,32)/b23-17+. The number of hydrogen-bond donors (Lipinski definition) is 2.